The molecule has 0 bridgehead atoms. The number of nitrogens with zero attached hydrogens (tertiary/aromatic N) is 3. The number of hydrogen-bond donors (Lipinski definition) is 1. The van der Waals surface area contributed by atoms with Crippen molar-refractivity contribution < 1.29 is 24.2 Å². The number of ketones is 1. The van der Waals surface area contributed by atoms with Crippen LogP contribution in [0.2, 0.25) is 0 Å². The third kappa shape index (κ3) is 4.26. The molecule has 2 aromatic carbocycles. The zero-order chi connectivity index (χ0) is 24.2. The van der Waals surface area contributed by atoms with Crippen LogP contribution in [0.15, 0.2) is 66.8 Å². The van der Waals surface area contributed by atoms with Gasteiger partial charge in [0.15, 0.2) is 11.5 Å². The van der Waals surface area contributed by atoms with Gasteiger partial charge in [0.2, 0.25) is 0 Å². The minimum Gasteiger partial charge on any atom is -0.507 e. The van der Waals surface area contributed by atoms with Crippen LogP contribution in [0.4, 0.5) is 0 Å². The van der Waals surface area contributed by atoms with Crippen LogP contribution in [0.1, 0.15) is 29.2 Å². The van der Waals surface area contributed by atoms with E-state index in [2.05, 4.69) is 4.98 Å². The predicted molar refractivity (Wildman–Crippen MR) is 127 cm³/mol. The number of likely N-dealkylation sites (tertiary alicyclic amines) is 1. The summed E-state index contributed by atoms with van der Waals surface area (Å²) >= 11 is 0. The largest absolute Gasteiger partial charge is 0.507 e. The highest BCUT2D eigenvalue weighted by Crippen LogP contribution is 2.45. The summed E-state index contributed by atoms with van der Waals surface area (Å²) in [5, 5.41) is 11.2. The molecule has 1 N–H and O–H groups in total. The van der Waals surface area contributed by atoms with Crippen molar-refractivity contribution in [3.05, 3.63) is 83.4 Å². The summed E-state index contributed by atoms with van der Waals surface area (Å²) in [7, 11) is 3.03. The molecule has 8 heteroatoms. The summed E-state index contributed by atoms with van der Waals surface area (Å²) in [5.41, 5.74) is 2.08. The fourth-order valence-corrected chi connectivity index (χ4v) is 4.27. The third-order valence-electron chi connectivity index (χ3n) is 5.97. The van der Waals surface area contributed by atoms with Crippen LogP contribution in [-0.2, 0) is 16.1 Å². The summed E-state index contributed by atoms with van der Waals surface area (Å²) in [6.07, 6.45) is 5.83. The van der Waals surface area contributed by atoms with Crippen molar-refractivity contribution in [2.75, 3.05) is 20.8 Å². The zero-order valence-corrected chi connectivity index (χ0v) is 19.4. The molecule has 4 rings (SSSR count). The van der Waals surface area contributed by atoms with E-state index in [0.717, 1.165) is 5.56 Å². The molecule has 1 atom stereocenters. The maximum absolute atomic E-state index is 13.2. The maximum atomic E-state index is 13.2. The highest BCUT2D eigenvalue weighted by atomic mass is 16.5. The number of hydrogen-bond acceptors (Lipinski definition) is 6. The molecule has 0 saturated carbocycles. The van der Waals surface area contributed by atoms with Crippen molar-refractivity contribution in [2.45, 2.75) is 25.9 Å². The molecule has 176 valence electrons. The lowest BCUT2D eigenvalue weighted by Crippen LogP contribution is -2.31. The van der Waals surface area contributed by atoms with E-state index in [1.165, 1.54) is 19.1 Å². The van der Waals surface area contributed by atoms with E-state index in [1.54, 1.807) is 42.9 Å². The molecule has 1 fully saturated rings. The van der Waals surface area contributed by atoms with Crippen LogP contribution in [0, 0.1) is 6.92 Å². The number of para-hydroxylation sites is 1. The number of rotatable bonds is 8. The molecule has 34 heavy (non-hydrogen) atoms. The standard InChI is InChI=1S/C26H27N3O5/c1-17-8-10-18(11-9-17)23(30)21-22(19-6-4-7-20(33-2)25(19)34-3)29(26(32)24(21)31)14-5-13-28-15-12-27-16-28/h4,6-12,15-16,22,30H,5,13-14H2,1-3H3/b23-21+/t22-/m1/s1. The van der Waals surface area contributed by atoms with Crippen LogP contribution >= 0.6 is 0 Å². The van der Waals surface area contributed by atoms with E-state index < -0.39 is 17.7 Å². The fraction of sp³-hybridized carbons (Fsp3) is 0.269. The van der Waals surface area contributed by atoms with Gasteiger partial charge in [-0.15, -0.1) is 0 Å². The van der Waals surface area contributed by atoms with E-state index in [4.69, 9.17) is 9.47 Å². The summed E-state index contributed by atoms with van der Waals surface area (Å²) in [6.45, 7) is 2.87. The highest BCUT2D eigenvalue weighted by Gasteiger charge is 2.47. The lowest BCUT2D eigenvalue weighted by Gasteiger charge is -2.27. The lowest BCUT2D eigenvalue weighted by atomic mass is 9.94. The Labute approximate surface area is 198 Å². The van der Waals surface area contributed by atoms with E-state index in [1.807, 2.05) is 29.8 Å². The number of Topliss-reactive ketones (excluding diaryl/α,β-unsaturated/α-hetero) is 1. The molecule has 3 aromatic rings. The first-order chi connectivity index (χ1) is 16.5. The molecule has 0 radical (unpaired) electrons. The molecule has 1 aliphatic heterocycles. The van der Waals surface area contributed by atoms with Gasteiger partial charge in [-0.25, -0.2) is 4.98 Å². The average Bonchev–Trinajstić information content (AvgIpc) is 3.45. The number of carbonyl (C=O) groups is 2. The second-order valence-electron chi connectivity index (χ2n) is 8.10. The van der Waals surface area contributed by atoms with Crippen LogP contribution in [0.5, 0.6) is 11.5 Å². The lowest BCUT2D eigenvalue weighted by molar-refractivity contribution is -0.140. The first-order valence-electron chi connectivity index (χ1n) is 11.0. The number of aromatic nitrogens is 2. The number of aliphatic hydroxyl groups excluding tert-OH is 1. The van der Waals surface area contributed by atoms with Gasteiger partial charge >= 0.3 is 0 Å². The van der Waals surface area contributed by atoms with Gasteiger partial charge in [-0.1, -0.05) is 42.0 Å². The molecule has 8 nitrogen and oxygen atoms in total. The van der Waals surface area contributed by atoms with Gasteiger partial charge in [-0.2, -0.15) is 0 Å². The number of ether oxygens (including phenoxy) is 2. The van der Waals surface area contributed by atoms with Crippen molar-refractivity contribution in [1.82, 2.24) is 14.5 Å². The van der Waals surface area contributed by atoms with Gasteiger partial charge < -0.3 is 24.0 Å². The molecule has 1 saturated heterocycles. The van der Waals surface area contributed by atoms with E-state index in [9.17, 15) is 14.7 Å². The first kappa shape index (κ1) is 23.1. The Morgan fingerprint density at radius 3 is 2.47 bits per heavy atom. The average molecular weight is 462 g/mol. The zero-order valence-electron chi connectivity index (χ0n) is 19.4. The minimum atomic E-state index is -0.825. The van der Waals surface area contributed by atoms with Gasteiger partial charge in [-0.05, 0) is 19.4 Å². The Balaban J connectivity index is 1.81. The third-order valence-corrected chi connectivity index (χ3v) is 5.97. The maximum Gasteiger partial charge on any atom is 0.295 e. The van der Waals surface area contributed by atoms with E-state index in [0.29, 0.717) is 42.1 Å². The Hall–Kier alpha value is -4.07. The number of imidazole rings is 1. The molecule has 0 aliphatic carbocycles. The number of aryl methyl sites for hydroxylation is 2. The van der Waals surface area contributed by atoms with Gasteiger partial charge in [0, 0.05) is 36.6 Å². The monoisotopic (exact) mass is 461 g/mol. The van der Waals surface area contributed by atoms with Crippen LogP contribution in [0.25, 0.3) is 5.76 Å². The Kier molecular flexibility index (Phi) is 6.67. The van der Waals surface area contributed by atoms with E-state index >= 15 is 0 Å². The smallest absolute Gasteiger partial charge is 0.295 e. The van der Waals surface area contributed by atoms with Gasteiger partial charge in [-0.3, -0.25) is 9.59 Å². The number of amides is 1. The summed E-state index contributed by atoms with van der Waals surface area (Å²) in [6, 6.07) is 11.6. The number of carbonyl (C=O) groups excluding carboxylic acids is 2. The van der Waals surface area contributed by atoms with Gasteiger partial charge in [0.05, 0.1) is 32.2 Å². The van der Waals surface area contributed by atoms with Crippen LogP contribution in [0.3, 0.4) is 0 Å². The van der Waals surface area contributed by atoms with Crippen LogP contribution in [-0.4, -0.2) is 52.0 Å². The second-order valence-corrected chi connectivity index (χ2v) is 8.10. The van der Waals surface area contributed by atoms with E-state index in [-0.39, 0.29) is 11.3 Å². The molecule has 1 amide bonds. The SMILES string of the molecule is COc1cccc([C@@H]2/C(=C(\O)c3ccc(C)cc3)C(=O)C(=O)N2CCCn2ccnc2)c1OC. The Bertz CT molecular complexity index is 1220. The quantitative estimate of drug-likeness (QED) is 0.312. The second kappa shape index (κ2) is 9.82. The van der Waals surface area contributed by atoms with Gasteiger partial charge in [0.25, 0.3) is 11.7 Å². The topological polar surface area (TPSA) is 93.9 Å². The number of aliphatic hydroxyl groups is 1. The fourth-order valence-electron chi connectivity index (χ4n) is 4.27. The molecule has 2 heterocycles. The number of benzene rings is 2. The van der Waals surface area contributed by atoms with Crippen molar-refractivity contribution in [1.29, 1.82) is 0 Å². The Morgan fingerprint density at radius 1 is 1.06 bits per heavy atom. The molecule has 0 spiro atoms. The molecule has 1 aromatic heterocycles. The van der Waals surface area contributed by atoms with Crippen molar-refractivity contribution >= 4 is 17.4 Å². The Morgan fingerprint density at radius 2 is 1.82 bits per heavy atom. The summed E-state index contributed by atoms with van der Waals surface area (Å²) < 4.78 is 13.0. The van der Waals surface area contributed by atoms with Crippen molar-refractivity contribution in [3.63, 3.8) is 0 Å². The van der Waals surface area contributed by atoms with Crippen molar-refractivity contribution in [2.24, 2.45) is 0 Å². The van der Waals surface area contributed by atoms with Crippen LogP contribution < -0.4 is 9.47 Å². The summed E-state index contributed by atoms with van der Waals surface area (Å²) in [4.78, 5) is 31.9. The molecular formula is C26H27N3O5. The molecule has 1 aliphatic rings. The normalized spacial score (nSPS) is 17.3. The predicted octanol–water partition coefficient (Wildman–Crippen LogP) is 3.72. The molecular weight excluding hydrogens is 434 g/mol. The first-order valence-corrected chi connectivity index (χ1v) is 11.0. The summed E-state index contributed by atoms with van der Waals surface area (Å²) in [5.74, 6) is -0.722. The highest BCUT2D eigenvalue weighted by molar-refractivity contribution is 6.46. The van der Waals surface area contributed by atoms with Gasteiger partial charge in [0.1, 0.15) is 5.76 Å². The van der Waals surface area contributed by atoms with Crippen molar-refractivity contribution in [3.8, 4) is 11.5 Å². The molecule has 0 unspecified atom stereocenters. The minimum absolute atomic E-state index is 0.0306. The number of methoxy groups -OCH3 is 2.